The summed E-state index contributed by atoms with van der Waals surface area (Å²) in [5.41, 5.74) is 0.989. The third kappa shape index (κ3) is 3.29. The van der Waals surface area contributed by atoms with Crippen LogP contribution < -0.4 is 14.8 Å². The molecule has 0 bridgehead atoms. The Kier molecular flexibility index (Phi) is 4.59. The fraction of sp³-hybridized carbons (Fsp3) is 0.562. The number of nitriles is 1. The van der Waals surface area contributed by atoms with Crippen molar-refractivity contribution in [2.24, 2.45) is 0 Å². The summed E-state index contributed by atoms with van der Waals surface area (Å²) in [4.78, 5) is 2.24. The van der Waals surface area contributed by atoms with Gasteiger partial charge in [0.05, 0.1) is 19.3 Å². The molecule has 0 aliphatic carbocycles. The van der Waals surface area contributed by atoms with E-state index in [2.05, 4.69) is 16.3 Å². The highest BCUT2D eigenvalue weighted by Crippen LogP contribution is 2.33. The van der Waals surface area contributed by atoms with Gasteiger partial charge in [-0.15, -0.1) is 0 Å². The maximum Gasteiger partial charge on any atom is 0.161 e. The number of fused-ring (bicyclic) bond motifs is 1. The quantitative estimate of drug-likeness (QED) is 0.897. The van der Waals surface area contributed by atoms with Crippen molar-refractivity contribution in [1.82, 2.24) is 10.2 Å². The van der Waals surface area contributed by atoms with E-state index in [9.17, 15) is 5.26 Å². The minimum Gasteiger partial charge on any atom is -0.490 e. The van der Waals surface area contributed by atoms with Gasteiger partial charge in [0.1, 0.15) is 6.04 Å². The van der Waals surface area contributed by atoms with Crippen molar-refractivity contribution in [2.45, 2.75) is 18.9 Å². The largest absolute Gasteiger partial charge is 0.490 e. The lowest BCUT2D eigenvalue weighted by Crippen LogP contribution is -2.31. The van der Waals surface area contributed by atoms with Crippen LogP contribution in [-0.4, -0.2) is 44.3 Å². The molecule has 1 fully saturated rings. The fourth-order valence-electron chi connectivity index (χ4n) is 2.84. The van der Waals surface area contributed by atoms with Gasteiger partial charge in [-0.2, -0.15) is 5.26 Å². The first-order chi connectivity index (χ1) is 10.4. The van der Waals surface area contributed by atoms with Crippen LogP contribution in [0.4, 0.5) is 0 Å². The average Bonchev–Trinajstić information content (AvgIpc) is 2.90. The Hall–Kier alpha value is -1.77. The molecule has 5 nitrogen and oxygen atoms in total. The maximum atomic E-state index is 9.60. The summed E-state index contributed by atoms with van der Waals surface area (Å²) in [5, 5.41) is 13.0. The second kappa shape index (κ2) is 6.79. The predicted octanol–water partition coefficient (Wildman–Crippen LogP) is 1.71. The van der Waals surface area contributed by atoms with Crippen molar-refractivity contribution in [2.75, 3.05) is 39.4 Å². The van der Waals surface area contributed by atoms with E-state index >= 15 is 0 Å². The lowest BCUT2D eigenvalue weighted by molar-refractivity contribution is 0.251. The van der Waals surface area contributed by atoms with Gasteiger partial charge in [-0.05, 0) is 30.7 Å². The van der Waals surface area contributed by atoms with Gasteiger partial charge in [-0.1, -0.05) is 6.07 Å². The molecule has 2 aliphatic rings. The Labute approximate surface area is 125 Å². The zero-order valence-electron chi connectivity index (χ0n) is 12.2. The number of ether oxygens (including phenoxy) is 2. The first-order valence-electron chi connectivity index (χ1n) is 7.62. The molecule has 1 aromatic rings. The third-order valence-electron chi connectivity index (χ3n) is 3.95. The zero-order chi connectivity index (χ0) is 14.5. The monoisotopic (exact) mass is 287 g/mol. The van der Waals surface area contributed by atoms with Gasteiger partial charge in [0.15, 0.2) is 11.5 Å². The Morgan fingerprint density at radius 3 is 2.81 bits per heavy atom. The van der Waals surface area contributed by atoms with Gasteiger partial charge in [0.2, 0.25) is 0 Å². The molecule has 0 radical (unpaired) electrons. The standard InChI is InChI=1S/C16H21N3O2/c17-12-14(19-7-1-5-18-6-8-19)13-3-4-15-16(11-13)21-10-2-9-20-15/h3-4,11,14,18H,1-2,5-10H2. The highest BCUT2D eigenvalue weighted by molar-refractivity contribution is 5.45. The number of hydrogen-bond acceptors (Lipinski definition) is 5. The van der Waals surface area contributed by atoms with Crippen LogP contribution in [0.5, 0.6) is 11.5 Å². The molecule has 0 spiro atoms. The lowest BCUT2D eigenvalue weighted by atomic mass is 10.1. The first-order valence-corrected chi connectivity index (χ1v) is 7.62. The van der Waals surface area contributed by atoms with Crippen LogP contribution in [0.3, 0.4) is 0 Å². The molecule has 0 aromatic heterocycles. The highest BCUT2D eigenvalue weighted by atomic mass is 16.5. The molecule has 2 aliphatic heterocycles. The molecule has 1 aromatic carbocycles. The topological polar surface area (TPSA) is 57.5 Å². The summed E-state index contributed by atoms with van der Waals surface area (Å²) in [6.07, 6.45) is 1.96. The van der Waals surface area contributed by atoms with E-state index in [0.717, 1.165) is 56.1 Å². The van der Waals surface area contributed by atoms with Gasteiger partial charge in [0, 0.05) is 26.1 Å². The Bertz CT molecular complexity index is 519. The van der Waals surface area contributed by atoms with E-state index in [4.69, 9.17) is 9.47 Å². The highest BCUT2D eigenvalue weighted by Gasteiger charge is 2.22. The SMILES string of the molecule is N#CC(c1ccc2c(c1)OCCCO2)N1CCCNCC1. The van der Waals surface area contributed by atoms with E-state index in [0.29, 0.717) is 13.2 Å². The molecule has 5 heteroatoms. The van der Waals surface area contributed by atoms with Crippen LogP contribution in [0.15, 0.2) is 18.2 Å². The van der Waals surface area contributed by atoms with Gasteiger partial charge in [0.25, 0.3) is 0 Å². The Balaban J connectivity index is 1.83. The first kappa shape index (κ1) is 14.2. The predicted molar refractivity (Wildman–Crippen MR) is 79.5 cm³/mol. The number of nitrogens with one attached hydrogen (secondary N) is 1. The molecule has 112 valence electrons. The summed E-state index contributed by atoms with van der Waals surface area (Å²) < 4.78 is 11.4. The van der Waals surface area contributed by atoms with Crippen LogP contribution in [-0.2, 0) is 0 Å². The molecule has 0 amide bonds. The smallest absolute Gasteiger partial charge is 0.161 e. The van der Waals surface area contributed by atoms with Crippen LogP contribution >= 0.6 is 0 Å². The zero-order valence-corrected chi connectivity index (χ0v) is 12.2. The Morgan fingerprint density at radius 1 is 1.10 bits per heavy atom. The molecular weight excluding hydrogens is 266 g/mol. The molecule has 2 heterocycles. The van der Waals surface area contributed by atoms with Gasteiger partial charge in [-0.25, -0.2) is 0 Å². The lowest BCUT2D eigenvalue weighted by Gasteiger charge is -2.25. The van der Waals surface area contributed by atoms with Crippen molar-refractivity contribution in [3.05, 3.63) is 23.8 Å². The summed E-state index contributed by atoms with van der Waals surface area (Å²) in [7, 11) is 0. The summed E-state index contributed by atoms with van der Waals surface area (Å²) in [5.74, 6) is 1.55. The normalized spacial score (nSPS) is 20.9. The van der Waals surface area contributed by atoms with Crippen LogP contribution in [0.25, 0.3) is 0 Å². The van der Waals surface area contributed by atoms with Crippen molar-refractivity contribution >= 4 is 0 Å². The van der Waals surface area contributed by atoms with Crippen molar-refractivity contribution in [1.29, 1.82) is 5.26 Å². The van der Waals surface area contributed by atoms with Crippen LogP contribution in [0.1, 0.15) is 24.4 Å². The summed E-state index contributed by atoms with van der Waals surface area (Å²) >= 11 is 0. The summed E-state index contributed by atoms with van der Waals surface area (Å²) in [6.45, 7) is 5.15. The minimum absolute atomic E-state index is 0.220. The van der Waals surface area contributed by atoms with Crippen LogP contribution in [0, 0.1) is 11.3 Å². The summed E-state index contributed by atoms with van der Waals surface area (Å²) in [6, 6.07) is 8.10. The number of hydrogen-bond donors (Lipinski definition) is 1. The number of rotatable bonds is 2. The molecule has 1 atom stereocenters. The average molecular weight is 287 g/mol. The van der Waals surface area contributed by atoms with Gasteiger partial charge >= 0.3 is 0 Å². The van der Waals surface area contributed by atoms with Gasteiger partial charge < -0.3 is 14.8 Å². The van der Waals surface area contributed by atoms with Crippen molar-refractivity contribution in [3.8, 4) is 17.6 Å². The van der Waals surface area contributed by atoms with E-state index in [1.807, 2.05) is 18.2 Å². The molecular formula is C16H21N3O2. The molecule has 3 rings (SSSR count). The fourth-order valence-corrected chi connectivity index (χ4v) is 2.84. The molecule has 21 heavy (non-hydrogen) atoms. The second-order valence-corrected chi connectivity index (χ2v) is 5.43. The molecule has 1 saturated heterocycles. The minimum atomic E-state index is -0.220. The van der Waals surface area contributed by atoms with Gasteiger partial charge in [-0.3, -0.25) is 4.90 Å². The van der Waals surface area contributed by atoms with Crippen molar-refractivity contribution < 1.29 is 9.47 Å². The number of nitrogens with zero attached hydrogens (tertiary/aromatic N) is 2. The Morgan fingerprint density at radius 2 is 1.95 bits per heavy atom. The third-order valence-corrected chi connectivity index (χ3v) is 3.95. The second-order valence-electron chi connectivity index (χ2n) is 5.43. The van der Waals surface area contributed by atoms with E-state index in [1.54, 1.807) is 0 Å². The number of benzene rings is 1. The van der Waals surface area contributed by atoms with E-state index in [1.165, 1.54) is 0 Å². The van der Waals surface area contributed by atoms with E-state index < -0.39 is 0 Å². The molecule has 0 saturated carbocycles. The van der Waals surface area contributed by atoms with E-state index in [-0.39, 0.29) is 6.04 Å². The molecule has 1 N–H and O–H groups in total. The maximum absolute atomic E-state index is 9.60. The molecule has 1 unspecified atom stereocenters. The van der Waals surface area contributed by atoms with Crippen LogP contribution in [0.2, 0.25) is 0 Å². The van der Waals surface area contributed by atoms with Crippen molar-refractivity contribution in [3.63, 3.8) is 0 Å².